The third kappa shape index (κ3) is 4.92. The summed E-state index contributed by atoms with van der Waals surface area (Å²) in [6, 6.07) is 18.3. The lowest BCUT2D eigenvalue weighted by molar-refractivity contribution is -0.148. The third-order valence-corrected chi connectivity index (χ3v) is 4.99. The number of amides is 3. The molecule has 0 bridgehead atoms. The number of rotatable bonds is 8. The Morgan fingerprint density at radius 3 is 2.13 bits per heavy atom. The van der Waals surface area contributed by atoms with Gasteiger partial charge in [0.1, 0.15) is 5.92 Å². The van der Waals surface area contributed by atoms with Gasteiger partial charge in [0.05, 0.1) is 25.5 Å². The van der Waals surface area contributed by atoms with Crippen LogP contribution in [0.3, 0.4) is 0 Å². The zero-order valence-corrected chi connectivity index (χ0v) is 16.7. The monoisotopic (exact) mass is 408 g/mol. The van der Waals surface area contributed by atoms with Crippen LogP contribution in [0.2, 0.25) is 0 Å². The quantitative estimate of drug-likeness (QED) is 0.410. The second-order valence-electron chi connectivity index (χ2n) is 7.04. The van der Waals surface area contributed by atoms with Crippen molar-refractivity contribution in [1.82, 2.24) is 10.2 Å². The van der Waals surface area contributed by atoms with Crippen LogP contribution in [-0.2, 0) is 37.0 Å². The van der Waals surface area contributed by atoms with Crippen molar-refractivity contribution in [3.8, 4) is 0 Å². The molecular weight excluding hydrogens is 384 g/mol. The molecule has 0 aromatic heterocycles. The topological polar surface area (TPSA) is 92.8 Å². The fraction of sp³-hybridized carbons (Fsp3) is 0.304. The molecule has 0 radical (unpaired) electrons. The number of carbonyl (C=O) groups is 4. The van der Waals surface area contributed by atoms with Crippen LogP contribution in [-0.4, -0.2) is 35.2 Å². The molecule has 156 valence electrons. The third-order valence-electron chi connectivity index (χ3n) is 4.99. The van der Waals surface area contributed by atoms with E-state index >= 15 is 0 Å². The Hall–Kier alpha value is -3.48. The van der Waals surface area contributed by atoms with E-state index in [9.17, 15) is 19.2 Å². The molecule has 2 aromatic carbocycles. The van der Waals surface area contributed by atoms with Crippen LogP contribution in [0.1, 0.15) is 24.5 Å². The lowest BCUT2D eigenvalue weighted by atomic mass is 9.91. The van der Waals surface area contributed by atoms with Gasteiger partial charge in [-0.05, 0) is 18.1 Å². The van der Waals surface area contributed by atoms with Crippen LogP contribution >= 0.6 is 0 Å². The first-order chi connectivity index (χ1) is 14.5. The summed E-state index contributed by atoms with van der Waals surface area (Å²) in [5, 5.41) is 2.72. The standard InChI is InChI=1S/C23H24N2O5/c1-2-30-19(26)13-18-20(21(27)24-14-16-9-5-3-6-10-16)23(29)25(22(18)28)15-17-11-7-4-8-12-17/h3-12,18,20H,2,13-15H2,1H3,(H,24,27)/t18-,20+/m0/s1. The van der Waals surface area contributed by atoms with Gasteiger partial charge in [0.25, 0.3) is 0 Å². The molecule has 1 heterocycles. The molecule has 30 heavy (non-hydrogen) atoms. The fourth-order valence-corrected chi connectivity index (χ4v) is 3.51. The highest BCUT2D eigenvalue weighted by Gasteiger charge is 2.51. The molecule has 1 fully saturated rings. The zero-order chi connectivity index (χ0) is 21.5. The average molecular weight is 408 g/mol. The maximum Gasteiger partial charge on any atom is 0.306 e. The first kappa shape index (κ1) is 21.2. The van der Waals surface area contributed by atoms with Crippen molar-refractivity contribution in [2.24, 2.45) is 11.8 Å². The van der Waals surface area contributed by atoms with Gasteiger partial charge < -0.3 is 10.1 Å². The van der Waals surface area contributed by atoms with Gasteiger partial charge in [0.15, 0.2) is 0 Å². The van der Waals surface area contributed by atoms with Gasteiger partial charge >= 0.3 is 5.97 Å². The molecule has 1 aliphatic heterocycles. The Morgan fingerprint density at radius 2 is 1.53 bits per heavy atom. The van der Waals surface area contributed by atoms with E-state index in [4.69, 9.17) is 4.74 Å². The minimum atomic E-state index is -1.26. The number of imide groups is 1. The maximum atomic E-state index is 13.0. The van der Waals surface area contributed by atoms with Crippen LogP contribution in [0.15, 0.2) is 60.7 Å². The van der Waals surface area contributed by atoms with Crippen molar-refractivity contribution in [1.29, 1.82) is 0 Å². The van der Waals surface area contributed by atoms with E-state index in [1.54, 1.807) is 31.2 Å². The highest BCUT2D eigenvalue weighted by molar-refractivity contribution is 6.15. The molecule has 3 rings (SSSR count). The Balaban J connectivity index is 1.78. The largest absolute Gasteiger partial charge is 0.466 e. The molecule has 0 unspecified atom stereocenters. The molecule has 3 amide bonds. The molecule has 1 aliphatic rings. The lowest BCUT2D eigenvalue weighted by Crippen LogP contribution is -2.38. The normalized spacial score (nSPS) is 18.4. The van der Waals surface area contributed by atoms with E-state index in [0.717, 1.165) is 16.0 Å². The second kappa shape index (κ2) is 9.82. The summed E-state index contributed by atoms with van der Waals surface area (Å²) in [5.41, 5.74) is 1.63. The van der Waals surface area contributed by atoms with Gasteiger partial charge in [-0.25, -0.2) is 0 Å². The molecule has 0 spiro atoms. The highest BCUT2D eigenvalue weighted by atomic mass is 16.5. The number of likely N-dealkylation sites (tertiary alicyclic amines) is 1. The minimum Gasteiger partial charge on any atom is -0.466 e. The first-order valence-corrected chi connectivity index (χ1v) is 9.87. The summed E-state index contributed by atoms with van der Waals surface area (Å²) < 4.78 is 4.95. The van der Waals surface area contributed by atoms with Gasteiger partial charge in [0, 0.05) is 6.54 Å². The SMILES string of the molecule is CCOC(=O)C[C@@H]1C(=O)N(Cc2ccccc2)C(=O)[C@H]1C(=O)NCc1ccccc1. The number of hydrogen-bond acceptors (Lipinski definition) is 5. The van der Waals surface area contributed by atoms with E-state index in [-0.39, 0.29) is 26.1 Å². The van der Waals surface area contributed by atoms with Crippen molar-refractivity contribution >= 4 is 23.7 Å². The van der Waals surface area contributed by atoms with Crippen LogP contribution in [0.5, 0.6) is 0 Å². The number of nitrogens with one attached hydrogen (secondary N) is 1. The Morgan fingerprint density at radius 1 is 0.933 bits per heavy atom. The summed E-state index contributed by atoms with van der Waals surface area (Å²) in [6.07, 6.45) is -0.312. The van der Waals surface area contributed by atoms with Crippen molar-refractivity contribution in [3.05, 3.63) is 71.8 Å². The number of carbonyl (C=O) groups excluding carboxylic acids is 4. The van der Waals surface area contributed by atoms with E-state index in [2.05, 4.69) is 5.32 Å². The van der Waals surface area contributed by atoms with Crippen molar-refractivity contribution in [3.63, 3.8) is 0 Å². The van der Waals surface area contributed by atoms with E-state index in [1.807, 2.05) is 36.4 Å². The molecule has 2 aromatic rings. The van der Waals surface area contributed by atoms with Crippen LogP contribution in [0.4, 0.5) is 0 Å². The van der Waals surface area contributed by atoms with Gasteiger partial charge in [-0.15, -0.1) is 0 Å². The molecule has 7 heteroatoms. The average Bonchev–Trinajstić information content (AvgIpc) is 2.98. The molecule has 0 saturated carbocycles. The molecule has 7 nitrogen and oxygen atoms in total. The van der Waals surface area contributed by atoms with Crippen LogP contribution in [0.25, 0.3) is 0 Å². The Kier molecular flexibility index (Phi) is 6.95. The van der Waals surface area contributed by atoms with Crippen molar-refractivity contribution in [2.75, 3.05) is 6.61 Å². The number of nitrogens with zero attached hydrogens (tertiary/aromatic N) is 1. The van der Waals surface area contributed by atoms with Gasteiger partial charge in [-0.2, -0.15) is 0 Å². The van der Waals surface area contributed by atoms with Gasteiger partial charge in [0.2, 0.25) is 17.7 Å². The number of hydrogen-bond donors (Lipinski definition) is 1. The van der Waals surface area contributed by atoms with Crippen LogP contribution < -0.4 is 5.32 Å². The van der Waals surface area contributed by atoms with E-state index in [1.165, 1.54) is 0 Å². The molecule has 0 aliphatic carbocycles. The molecular formula is C23H24N2O5. The molecule has 1 saturated heterocycles. The first-order valence-electron chi connectivity index (χ1n) is 9.87. The highest BCUT2D eigenvalue weighted by Crippen LogP contribution is 2.31. The van der Waals surface area contributed by atoms with Gasteiger partial charge in [-0.3, -0.25) is 24.1 Å². The zero-order valence-electron chi connectivity index (χ0n) is 16.7. The molecule has 2 atom stereocenters. The minimum absolute atomic E-state index is 0.0559. The van der Waals surface area contributed by atoms with E-state index in [0.29, 0.717) is 0 Å². The second-order valence-corrected chi connectivity index (χ2v) is 7.04. The summed E-state index contributed by atoms with van der Waals surface area (Å²) in [4.78, 5) is 51.9. The van der Waals surface area contributed by atoms with Crippen molar-refractivity contribution in [2.45, 2.75) is 26.4 Å². The summed E-state index contributed by atoms with van der Waals surface area (Å²) in [6.45, 7) is 2.10. The number of ether oxygens (including phenoxy) is 1. The van der Waals surface area contributed by atoms with E-state index < -0.39 is 35.5 Å². The smallest absolute Gasteiger partial charge is 0.306 e. The van der Waals surface area contributed by atoms with Crippen LogP contribution in [0, 0.1) is 11.8 Å². The Bertz CT molecular complexity index is 914. The van der Waals surface area contributed by atoms with Crippen molar-refractivity contribution < 1.29 is 23.9 Å². The fourth-order valence-electron chi connectivity index (χ4n) is 3.51. The summed E-state index contributed by atoms with van der Waals surface area (Å²) in [7, 11) is 0. The lowest BCUT2D eigenvalue weighted by Gasteiger charge is -2.15. The number of esters is 1. The van der Waals surface area contributed by atoms with Gasteiger partial charge in [-0.1, -0.05) is 60.7 Å². The molecule has 1 N–H and O–H groups in total. The number of benzene rings is 2. The maximum absolute atomic E-state index is 13.0. The summed E-state index contributed by atoms with van der Waals surface area (Å²) in [5.74, 6) is -4.63. The predicted molar refractivity (Wildman–Crippen MR) is 109 cm³/mol. The Labute approximate surface area is 175 Å². The summed E-state index contributed by atoms with van der Waals surface area (Å²) >= 11 is 0. The predicted octanol–water partition coefficient (Wildman–Crippen LogP) is 2.06.